The fourth-order valence-corrected chi connectivity index (χ4v) is 0. The molecule has 0 aliphatic carbocycles. The molecule has 0 aromatic rings. The maximum atomic E-state index is 8.56. The maximum absolute atomic E-state index is 8.56. The summed E-state index contributed by atoms with van der Waals surface area (Å²) in [5.74, 6) is 0. The van der Waals surface area contributed by atoms with Crippen molar-refractivity contribution in [1.29, 1.82) is 0 Å². The Hall–Kier alpha value is 0.671. The first-order chi connectivity index (χ1) is 1.73. The quantitative estimate of drug-likeness (QED) is 0.445. The van der Waals surface area contributed by atoms with Crippen LogP contribution in [-0.2, 0) is 0 Å². The van der Waals surface area contributed by atoms with Crippen molar-refractivity contribution in [2.24, 2.45) is 0 Å². The monoisotopic (exact) mass is 188 g/mol. The molecule has 0 atom stereocenters. The molecule has 7 heavy (non-hydrogen) atoms. The normalized spacial score (nSPS) is 3.43. The second-order valence-corrected chi connectivity index (χ2v) is 0.283. The fraction of sp³-hybridized carbons (Fsp3) is 0. The van der Waals surface area contributed by atoms with E-state index in [-0.39, 0.29) is 59.3 Å². The smallest absolute Gasteiger partial charge is 1.00 e. The van der Waals surface area contributed by atoms with Crippen LogP contribution in [0.15, 0.2) is 0 Å². The van der Waals surface area contributed by atoms with Crippen molar-refractivity contribution in [3.05, 3.63) is 0 Å². The fourth-order valence-electron chi connectivity index (χ4n) is 0. The number of hydrogen-bond acceptors (Lipinski definition) is 1. The van der Waals surface area contributed by atoms with E-state index in [1.54, 1.807) is 0 Å². The molecule has 0 spiro atoms. The Kier molecular flexibility index (Phi) is 57.6. The molecule has 6 N–H and O–H groups in total. The Bertz CT molecular complexity index is 37.9. The maximum Gasteiger partial charge on any atom is 2.00 e. The number of carbonyl (C=O) groups is 1. The van der Waals surface area contributed by atoms with E-state index in [2.05, 4.69) is 0 Å². The van der Waals surface area contributed by atoms with E-state index in [9.17, 15) is 0 Å². The van der Waals surface area contributed by atoms with Crippen molar-refractivity contribution < 1.29 is 28.8 Å². The van der Waals surface area contributed by atoms with Gasteiger partial charge in [0.25, 0.3) is 0 Å². The van der Waals surface area contributed by atoms with Gasteiger partial charge in [0.15, 0.2) is 0 Å². The summed E-state index contributed by atoms with van der Waals surface area (Å²) < 4.78 is 0. The van der Waals surface area contributed by atoms with Gasteiger partial charge in [0.1, 0.15) is 0 Å². The molecule has 0 unspecified atom stereocenters. The van der Waals surface area contributed by atoms with Gasteiger partial charge in [-0.1, -0.05) is 0 Å². The summed E-state index contributed by atoms with van der Waals surface area (Å²) >= 11 is 0. The molecule has 44 valence electrons. The van der Waals surface area contributed by atoms with Crippen LogP contribution in [0.25, 0.3) is 0 Å². The largest absolute Gasteiger partial charge is 2.00 e. The molecular formula is CH8O5Sr. The van der Waals surface area contributed by atoms with Crippen LogP contribution in [0.1, 0.15) is 2.85 Å². The Morgan fingerprint density at radius 3 is 1.29 bits per heavy atom. The summed E-state index contributed by atoms with van der Waals surface area (Å²) in [5.41, 5.74) is 0. The first-order valence-corrected chi connectivity index (χ1v) is 0.651. The third-order valence-electron chi connectivity index (χ3n) is 0. The van der Waals surface area contributed by atoms with Crippen LogP contribution in [0.5, 0.6) is 0 Å². The van der Waals surface area contributed by atoms with Gasteiger partial charge in [0, 0.05) is 0 Å². The van der Waals surface area contributed by atoms with E-state index in [1.165, 1.54) is 0 Å². The van der Waals surface area contributed by atoms with Crippen molar-refractivity contribution in [3.63, 3.8) is 0 Å². The zero-order valence-electron chi connectivity index (χ0n) is 5.51. The molecule has 0 aromatic carbocycles. The van der Waals surface area contributed by atoms with Crippen LogP contribution < -0.4 is 0 Å². The first kappa shape index (κ1) is 25.3. The average molecular weight is 188 g/mol. The Morgan fingerprint density at radius 2 is 1.29 bits per heavy atom. The van der Waals surface area contributed by atoms with E-state index in [0.29, 0.717) is 0 Å². The molecule has 0 amide bonds. The summed E-state index contributed by atoms with van der Waals surface area (Å²) in [4.78, 5) is 8.56. The standard InChI is InChI=1S/CH2O3.2H2O.Sr.2H/c2-1(3)4;;;;;/h(H2,2,3,4);2*1H2;;;/q;;;+2;2*-1. The van der Waals surface area contributed by atoms with Gasteiger partial charge >= 0.3 is 51.6 Å². The predicted octanol–water partition coefficient (Wildman–Crippen LogP) is -1.58. The van der Waals surface area contributed by atoms with E-state index >= 15 is 0 Å². The van der Waals surface area contributed by atoms with Crippen molar-refractivity contribution in [3.8, 4) is 0 Å². The van der Waals surface area contributed by atoms with Gasteiger partial charge in [0.2, 0.25) is 0 Å². The van der Waals surface area contributed by atoms with Crippen LogP contribution in [-0.4, -0.2) is 72.8 Å². The second kappa shape index (κ2) is 15.9. The van der Waals surface area contributed by atoms with Gasteiger partial charge in [0.05, 0.1) is 0 Å². The van der Waals surface area contributed by atoms with Crippen molar-refractivity contribution >= 4 is 51.6 Å². The topological polar surface area (TPSA) is 121 Å². The molecule has 0 aliphatic rings. The van der Waals surface area contributed by atoms with Crippen LogP contribution in [0.3, 0.4) is 0 Å². The molecule has 0 saturated carbocycles. The summed E-state index contributed by atoms with van der Waals surface area (Å²) in [6, 6.07) is 0. The van der Waals surface area contributed by atoms with Gasteiger partial charge < -0.3 is 24.0 Å². The van der Waals surface area contributed by atoms with Crippen molar-refractivity contribution in [1.82, 2.24) is 0 Å². The minimum absolute atomic E-state index is 0. The van der Waals surface area contributed by atoms with E-state index < -0.39 is 6.16 Å². The number of hydrogen-bond donors (Lipinski definition) is 2. The summed E-state index contributed by atoms with van der Waals surface area (Å²) in [6.07, 6.45) is -1.83. The third kappa shape index (κ3) is 324. The predicted molar refractivity (Wildman–Crippen MR) is 25.9 cm³/mol. The number of rotatable bonds is 0. The first-order valence-electron chi connectivity index (χ1n) is 0.651. The Labute approximate surface area is 79.8 Å². The molecule has 0 radical (unpaired) electrons. The number of carboxylic acid groups (broad SMARTS) is 2. The Balaban J connectivity index is -0.00000000450. The molecule has 0 heterocycles. The van der Waals surface area contributed by atoms with Crippen molar-refractivity contribution in [2.75, 3.05) is 0 Å². The minimum atomic E-state index is -1.83. The Morgan fingerprint density at radius 1 is 1.29 bits per heavy atom. The molecular weight excluding hydrogens is 180 g/mol. The molecule has 6 heteroatoms. The van der Waals surface area contributed by atoms with Gasteiger partial charge in [-0.2, -0.15) is 0 Å². The summed E-state index contributed by atoms with van der Waals surface area (Å²) in [5, 5.41) is 13.9. The average Bonchev–Trinajstić information content (AvgIpc) is 0.811. The SMILES string of the molecule is O.O.O=C(O)O.[H-].[H-].[Sr+2]. The molecule has 0 rings (SSSR count). The van der Waals surface area contributed by atoms with Gasteiger partial charge in [-0.25, -0.2) is 4.79 Å². The van der Waals surface area contributed by atoms with Crippen LogP contribution in [0, 0.1) is 0 Å². The molecule has 0 aromatic heterocycles. The van der Waals surface area contributed by atoms with Crippen LogP contribution >= 0.6 is 0 Å². The van der Waals surface area contributed by atoms with E-state index in [1.807, 2.05) is 0 Å². The zero-order chi connectivity index (χ0) is 3.58. The van der Waals surface area contributed by atoms with E-state index in [4.69, 9.17) is 15.0 Å². The molecule has 0 bridgehead atoms. The second-order valence-electron chi connectivity index (χ2n) is 0.283. The molecule has 0 saturated heterocycles. The zero-order valence-corrected chi connectivity index (χ0v) is 6.99. The molecule has 0 aliphatic heterocycles. The van der Waals surface area contributed by atoms with Gasteiger partial charge in [-0.05, 0) is 0 Å². The van der Waals surface area contributed by atoms with Crippen LogP contribution in [0.2, 0.25) is 0 Å². The van der Waals surface area contributed by atoms with Gasteiger partial charge in [-0.15, -0.1) is 0 Å². The van der Waals surface area contributed by atoms with Crippen molar-refractivity contribution in [2.45, 2.75) is 0 Å². The molecule has 0 fully saturated rings. The molecule has 5 nitrogen and oxygen atoms in total. The van der Waals surface area contributed by atoms with E-state index in [0.717, 1.165) is 0 Å². The minimum Gasteiger partial charge on any atom is -1.00 e. The van der Waals surface area contributed by atoms with Crippen LogP contribution in [0.4, 0.5) is 4.79 Å². The summed E-state index contributed by atoms with van der Waals surface area (Å²) in [7, 11) is 0. The third-order valence-corrected chi connectivity index (χ3v) is 0. The summed E-state index contributed by atoms with van der Waals surface area (Å²) in [6.45, 7) is 0. The van der Waals surface area contributed by atoms with Gasteiger partial charge in [-0.3, -0.25) is 0 Å².